The average molecular weight is 245 g/mol. The summed E-state index contributed by atoms with van der Waals surface area (Å²) in [6.07, 6.45) is -0.729. The summed E-state index contributed by atoms with van der Waals surface area (Å²) in [6.45, 7) is 8.51. The van der Waals surface area contributed by atoms with Crippen LogP contribution in [0, 0.1) is 0 Å². The molecule has 1 amide bonds. The first-order valence-corrected chi connectivity index (χ1v) is 5.97. The first-order chi connectivity index (χ1) is 7.92. The van der Waals surface area contributed by atoms with E-state index in [4.69, 9.17) is 9.84 Å². The second-order valence-corrected chi connectivity index (χ2v) is 5.20. The number of piperazine rings is 1. The van der Waals surface area contributed by atoms with Crippen LogP contribution >= 0.6 is 0 Å². The highest BCUT2D eigenvalue weighted by molar-refractivity contribution is 5.68. The molecule has 1 rings (SSSR count). The molecule has 1 heterocycles. The van der Waals surface area contributed by atoms with Crippen molar-refractivity contribution >= 4 is 6.09 Å². The molecule has 17 heavy (non-hydrogen) atoms. The van der Waals surface area contributed by atoms with Gasteiger partial charge in [0.25, 0.3) is 0 Å². The number of nitrogens with one attached hydrogen (secondary N) is 2. The van der Waals surface area contributed by atoms with Crippen molar-refractivity contribution in [3.05, 3.63) is 0 Å². The first kappa shape index (κ1) is 14.2. The van der Waals surface area contributed by atoms with E-state index in [1.54, 1.807) is 0 Å². The lowest BCUT2D eigenvalue weighted by atomic mass is 10.1. The Bertz CT molecular complexity index is 251. The molecule has 0 radical (unpaired) electrons. The van der Waals surface area contributed by atoms with Gasteiger partial charge in [0.05, 0.1) is 6.61 Å². The molecule has 1 atom stereocenters. The number of rotatable bonds is 3. The quantitative estimate of drug-likeness (QED) is 0.638. The standard InChI is InChI=1S/C11H23N3O3/c1-11(2,3)13-10(16)17-9-8-12-4-5-14(9)6-7-15/h9,12,15H,4-8H2,1-3H3,(H,13,16). The summed E-state index contributed by atoms with van der Waals surface area (Å²) in [4.78, 5) is 13.6. The Morgan fingerprint density at radius 1 is 1.59 bits per heavy atom. The Morgan fingerprint density at radius 2 is 2.29 bits per heavy atom. The largest absolute Gasteiger partial charge is 0.429 e. The Labute approximate surface area is 102 Å². The third-order valence-electron chi connectivity index (χ3n) is 2.41. The van der Waals surface area contributed by atoms with E-state index in [2.05, 4.69) is 10.6 Å². The molecule has 1 unspecified atom stereocenters. The highest BCUT2D eigenvalue weighted by Crippen LogP contribution is 2.06. The molecule has 0 aromatic heterocycles. The van der Waals surface area contributed by atoms with Crippen molar-refractivity contribution in [1.29, 1.82) is 0 Å². The number of amides is 1. The number of hydrogen-bond acceptors (Lipinski definition) is 5. The zero-order chi connectivity index (χ0) is 12.9. The average Bonchev–Trinajstić information content (AvgIpc) is 2.18. The maximum absolute atomic E-state index is 11.6. The molecule has 1 fully saturated rings. The molecule has 1 aliphatic heterocycles. The molecule has 100 valence electrons. The summed E-state index contributed by atoms with van der Waals surface area (Å²) in [5.41, 5.74) is -0.305. The van der Waals surface area contributed by atoms with Gasteiger partial charge in [0.2, 0.25) is 0 Å². The van der Waals surface area contributed by atoms with Crippen LogP contribution in [0.4, 0.5) is 4.79 Å². The van der Waals surface area contributed by atoms with Gasteiger partial charge in [-0.05, 0) is 20.8 Å². The smallest absolute Gasteiger partial charge is 0.409 e. The van der Waals surface area contributed by atoms with Crippen LogP contribution in [0.2, 0.25) is 0 Å². The number of carbonyl (C=O) groups is 1. The SMILES string of the molecule is CC(C)(C)NC(=O)OC1CNCCN1CCO. The molecule has 0 aliphatic carbocycles. The van der Waals surface area contributed by atoms with Crippen molar-refractivity contribution < 1.29 is 14.6 Å². The number of carbonyl (C=O) groups excluding carboxylic acids is 1. The maximum atomic E-state index is 11.6. The molecule has 0 spiro atoms. The number of hydrogen-bond donors (Lipinski definition) is 3. The van der Waals surface area contributed by atoms with Crippen LogP contribution in [0.5, 0.6) is 0 Å². The van der Waals surface area contributed by atoms with Gasteiger partial charge in [-0.15, -0.1) is 0 Å². The predicted octanol–water partition coefficient (Wildman–Crippen LogP) is -0.265. The third kappa shape index (κ3) is 5.34. The van der Waals surface area contributed by atoms with E-state index in [-0.39, 0.29) is 18.4 Å². The lowest BCUT2D eigenvalue weighted by Crippen LogP contribution is -2.55. The summed E-state index contributed by atoms with van der Waals surface area (Å²) in [5, 5.41) is 14.9. The first-order valence-electron chi connectivity index (χ1n) is 5.97. The minimum Gasteiger partial charge on any atom is -0.429 e. The van der Waals surface area contributed by atoms with Gasteiger partial charge < -0.3 is 20.5 Å². The molecule has 0 saturated carbocycles. The Kier molecular flexibility index (Phi) is 5.17. The molecular weight excluding hydrogens is 222 g/mol. The van der Waals surface area contributed by atoms with Gasteiger partial charge in [-0.25, -0.2) is 4.79 Å². The number of β-amino-alcohol motifs (C(OH)–C–C–N with tert-alkyl or cyclic N) is 1. The fraction of sp³-hybridized carbons (Fsp3) is 0.909. The molecule has 1 saturated heterocycles. The summed E-state index contributed by atoms with van der Waals surface area (Å²) in [7, 11) is 0. The zero-order valence-corrected chi connectivity index (χ0v) is 10.8. The zero-order valence-electron chi connectivity index (χ0n) is 10.8. The van der Waals surface area contributed by atoms with Crippen LogP contribution in [0.1, 0.15) is 20.8 Å². The van der Waals surface area contributed by atoms with Crippen LogP contribution in [0.3, 0.4) is 0 Å². The summed E-state index contributed by atoms with van der Waals surface area (Å²) < 4.78 is 5.33. The van der Waals surface area contributed by atoms with Gasteiger partial charge in [0.1, 0.15) is 0 Å². The molecule has 0 aromatic carbocycles. The monoisotopic (exact) mass is 245 g/mol. The molecular formula is C11H23N3O3. The van der Waals surface area contributed by atoms with Gasteiger partial charge in [0.15, 0.2) is 6.23 Å². The normalized spacial score (nSPS) is 22.2. The van der Waals surface area contributed by atoms with E-state index in [0.717, 1.165) is 13.1 Å². The molecule has 6 nitrogen and oxygen atoms in total. The molecule has 0 aromatic rings. The van der Waals surface area contributed by atoms with Gasteiger partial charge in [-0.1, -0.05) is 0 Å². The van der Waals surface area contributed by atoms with Crippen molar-refractivity contribution in [3.63, 3.8) is 0 Å². The number of aliphatic hydroxyl groups is 1. The van der Waals surface area contributed by atoms with Gasteiger partial charge >= 0.3 is 6.09 Å². The van der Waals surface area contributed by atoms with Crippen LogP contribution in [0.15, 0.2) is 0 Å². The van der Waals surface area contributed by atoms with E-state index in [1.165, 1.54) is 0 Å². The van der Waals surface area contributed by atoms with E-state index < -0.39 is 6.09 Å². The van der Waals surface area contributed by atoms with Crippen molar-refractivity contribution in [2.45, 2.75) is 32.5 Å². The van der Waals surface area contributed by atoms with Gasteiger partial charge in [-0.2, -0.15) is 0 Å². The Morgan fingerprint density at radius 3 is 2.88 bits per heavy atom. The number of aliphatic hydroxyl groups excluding tert-OH is 1. The second-order valence-electron chi connectivity index (χ2n) is 5.20. The number of ether oxygens (including phenoxy) is 1. The van der Waals surface area contributed by atoms with Gasteiger partial charge in [0, 0.05) is 31.7 Å². The van der Waals surface area contributed by atoms with Crippen molar-refractivity contribution in [1.82, 2.24) is 15.5 Å². The highest BCUT2D eigenvalue weighted by atomic mass is 16.6. The predicted molar refractivity (Wildman–Crippen MR) is 64.7 cm³/mol. The molecule has 6 heteroatoms. The van der Waals surface area contributed by atoms with Crippen molar-refractivity contribution in [2.75, 3.05) is 32.8 Å². The third-order valence-corrected chi connectivity index (χ3v) is 2.41. The van der Waals surface area contributed by atoms with E-state index in [0.29, 0.717) is 13.1 Å². The molecule has 3 N–H and O–H groups in total. The van der Waals surface area contributed by atoms with E-state index in [1.807, 2.05) is 25.7 Å². The molecule has 0 bridgehead atoms. The topological polar surface area (TPSA) is 73.8 Å². The molecule has 1 aliphatic rings. The van der Waals surface area contributed by atoms with Crippen LogP contribution in [-0.2, 0) is 4.74 Å². The number of nitrogens with zero attached hydrogens (tertiary/aromatic N) is 1. The number of alkyl carbamates (subject to hydrolysis) is 1. The maximum Gasteiger partial charge on any atom is 0.409 e. The lowest BCUT2D eigenvalue weighted by molar-refractivity contribution is -0.0348. The minimum absolute atomic E-state index is 0.0702. The Hall–Kier alpha value is -0.850. The van der Waals surface area contributed by atoms with Crippen LogP contribution in [-0.4, -0.2) is 60.7 Å². The van der Waals surface area contributed by atoms with E-state index in [9.17, 15) is 4.79 Å². The van der Waals surface area contributed by atoms with Crippen LogP contribution in [0.25, 0.3) is 0 Å². The van der Waals surface area contributed by atoms with Crippen LogP contribution < -0.4 is 10.6 Å². The van der Waals surface area contributed by atoms with E-state index >= 15 is 0 Å². The van der Waals surface area contributed by atoms with Crippen molar-refractivity contribution in [3.8, 4) is 0 Å². The second kappa shape index (κ2) is 6.18. The summed E-state index contributed by atoms with van der Waals surface area (Å²) in [5.74, 6) is 0. The van der Waals surface area contributed by atoms with Crippen molar-refractivity contribution in [2.24, 2.45) is 0 Å². The summed E-state index contributed by atoms with van der Waals surface area (Å²) in [6, 6.07) is 0. The van der Waals surface area contributed by atoms with Gasteiger partial charge in [-0.3, -0.25) is 4.90 Å². The fourth-order valence-corrected chi connectivity index (χ4v) is 1.68. The summed E-state index contributed by atoms with van der Waals surface area (Å²) >= 11 is 0. The fourth-order valence-electron chi connectivity index (χ4n) is 1.68. The lowest BCUT2D eigenvalue weighted by Gasteiger charge is -2.35. The Balaban J connectivity index is 2.44. The minimum atomic E-state index is -0.422. The highest BCUT2D eigenvalue weighted by Gasteiger charge is 2.26.